The van der Waals surface area contributed by atoms with E-state index in [9.17, 15) is 0 Å². The molecule has 0 saturated heterocycles. The standard InChI is InChI=1S/C19H26N2O.H3O4P/c1-4-13-21(14-5-2)20-18-15-17(11-12-19(18)22-3)16-9-7-6-8-10-16;1-5(2,3)4/h6-12,15,20H,4-5,13-14H2,1-3H3;(H3,1,2,3,4). The molecule has 2 rings (SSSR count). The highest BCUT2D eigenvalue weighted by atomic mass is 31.2. The van der Waals surface area contributed by atoms with E-state index in [0.717, 1.165) is 37.4 Å². The molecule has 0 saturated carbocycles. The van der Waals surface area contributed by atoms with Gasteiger partial charge in [0.05, 0.1) is 12.8 Å². The van der Waals surface area contributed by atoms with Gasteiger partial charge in [-0.1, -0.05) is 50.2 Å². The van der Waals surface area contributed by atoms with Crippen LogP contribution in [0, 0.1) is 0 Å². The van der Waals surface area contributed by atoms with Crippen molar-refractivity contribution in [2.45, 2.75) is 26.7 Å². The third-order valence-corrected chi connectivity index (χ3v) is 3.57. The van der Waals surface area contributed by atoms with Crippen LogP contribution in [0.2, 0.25) is 0 Å². The van der Waals surface area contributed by atoms with Gasteiger partial charge in [0.2, 0.25) is 0 Å². The van der Waals surface area contributed by atoms with Crippen LogP contribution in [0.15, 0.2) is 48.5 Å². The largest absolute Gasteiger partial charge is 0.495 e. The fourth-order valence-electron chi connectivity index (χ4n) is 2.54. The Labute approximate surface area is 160 Å². The van der Waals surface area contributed by atoms with Crippen LogP contribution in [0.3, 0.4) is 0 Å². The fraction of sp³-hybridized carbons (Fsp3) is 0.368. The SMILES string of the molecule is CCCN(CCC)Nc1cc(-c2ccccc2)ccc1OC.O=P(O)(O)O. The Kier molecular flexibility index (Phi) is 10.1. The lowest BCUT2D eigenvalue weighted by Crippen LogP contribution is -2.31. The first kappa shape index (κ1) is 23.1. The predicted octanol–water partition coefficient (Wildman–Crippen LogP) is 3.88. The lowest BCUT2D eigenvalue weighted by atomic mass is 10.0. The molecule has 0 heterocycles. The molecule has 0 aromatic heterocycles. The maximum Gasteiger partial charge on any atom is 0.466 e. The quantitative estimate of drug-likeness (QED) is 0.397. The zero-order chi connectivity index (χ0) is 20.3. The summed E-state index contributed by atoms with van der Waals surface area (Å²) in [5.74, 6) is 0.872. The van der Waals surface area contributed by atoms with Gasteiger partial charge in [-0.25, -0.2) is 9.57 Å². The molecule has 0 aliphatic carbocycles. The highest BCUT2D eigenvalue weighted by molar-refractivity contribution is 7.45. The summed E-state index contributed by atoms with van der Waals surface area (Å²) < 4.78 is 14.4. The first-order chi connectivity index (χ1) is 12.8. The molecule has 8 heteroatoms. The average molecular weight is 396 g/mol. The van der Waals surface area contributed by atoms with E-state index in [1.54, 1.807) is 7.11 Å². The summed E-state index contributed by atoms with van der Waals surface area (Å²) in [4.78, 5) is 21.6. The summed E-state index contributed by atoms with van der Waals surface area (Å²) in [6.07, 6.45) is 2.24. The van der Waals surface area contributed by atoms with Gasteiger partial charge in [-0.2, -0.15) is 0 Å². The number of methoxy groups -OCH3 is 1. The summed E-state index contributed by atoms with van der Waals surface area (Å²) in [5.41, 5.74) is 6.94. The van der Waals surface area contributed by atoms with Crippen molar-refractivity contribution >= 4 is 13.5 Å². The summed E-state index contributed by atoms with van der Waals surface area (Å²) >= 11 is 0. The molecule has 150 valence electrons. The molecule has 0 unspecified atom stereocenters. The van der Waals surface area contributed by atoms with Crippen molar-refractivity contribution in [1.29, 1.82) is 0 Å². The van der Waals surface area contributed by atoms with Crippen LogP contribution in [0.1, 0.15) is 26.7 Å². The van der Waals surface area contributed by atoms with E-state index in [1.807, 2.05) is 12.1 Å². The first-order valence-corrected chi connectivity index (χ1v) is 10.4. The van der Waals surface area contributed by atoms with Gasteiger partial charge in [0.1, 0.15) is 5.75 Å². The number of nitrogens with one attached hydrogen (secondary N) is 1. The van der Waals surface area contributed by atoms with Gasteiger partial charge in [-0.3, -0.25) is 0 Å². The first-order valence-electron chi connectivity index (χ1n) is 8.81. The van der Waals surface area contributed by atoms with E-state index < -0.39 is 7.82 Å². The highest BCUT2D eigenvalue weighted by Crippen LogP contribution is 2.31. The molecule has 0 spiro atoms. The van der Waals surface area contributed by atoms with E-state index in [1.165, 1.54) is 11.1 Å². The number of rotatable bonds is 8. The molecule has 0 fully saturated rings. The monoisotopic (exact) mass is 396 g/mol. The minimum Gasteiger partial charge on any atom is -0.495 e. The van der Waals surface area contributed by atoms with E-state index in [2.05, 4.69) is 60.7 Å². The molecule has 4 N–H and O–H groups in total. The summed E-state index contributed by atoms with van der Waals surface area (Å²) in [5, 5.41) is 2.26. The molecule has 0 aliphatic rings. The molecule has 0 amide bonds. The molecule has 7 nitrogen and oxygen atoms in total. The van der Waals surface area contributed by atoms with Crippen LogP contribution in [0.4, 0.5) is 5.69 Å². The van der Waals surface area contributed by atoms with Crippen LogP contribution >= 0.6 is 7.82 Å². The Morgan fingerprint density at radius 3 is 2.00 bits per heavy atom. The Bertz CT molecular complexity index is 707. The Morgan fingerprint density at radius 2 is 1.52 bits per heavy atom. The van der Waals surface area contributed by atoms with Gasteiger partial charge >= 0.3 is 7.82 Å². The number of ether oxygens (including phenoxy) is 1. The van der Waals surface area contributed by atoms with Crippen LogP contribution in [0.25, 0.3) is 11.1 Å². The van der Waals surface area contributed by atoms with Crippen LogP contribution in [-0.4, -0.2) is 39.9 Å². The van der Waals surface area contributed by atoms with Gasteiger partial charge in [0.15, 0.2) is 0 Å². The van der Waals surface area contributed by atoms with Crippen molar-refractivity contribution in [1.82, 2.24) is 5.01 Å². The van der Waals surface area contributed by atoms with E-state index in [-0.39, 0.29) is 0 Å². The number of benzene rings is 2. The zero-order valence-corrected chi connectivity index (χ0v) is 16.9. The third-order valence-electron chi connectivity index (χ3n) is 3.57. The maximum absolute atomic E-state index is 8.88. The van der Waals surface area contributed by atoms with E-state index in [0.29, 0.717) is 0 Å². The fourth-order valence-corrected chi connectivity index (χ4v) is 2.54. The summed E-state index contributed by atoms with van der Waals surface area (Å²) in [7, 11) is -2.92. The molecule has 0 bridgehead atoms. The number of hydrogen-bond donors (Lipinski definition) is 4. The van der Waals surface area contributed by atoms with E-state index >= 15 is 0 Å². The Hall–Kier alpha value is -1.89. The second kappa shape index (κ2) is 11.7. The molecular weight excluding hydrogens is 367 g/mol. The van der Waals surface area contributed by atoms with Crippen molar-refractivity contribution in [2.75, 3.05) is 25.6 Å². The topological polar surface area (TPSA) is 102 Å². The number of anilines is 1. The average Bonchev–Trinajstić information content (AvgIpc) is 2.61. The minimum absolute atomic E-state index is 0.872. The number of hydrazine groups is 1. The predicted molar refractivity (Wildman–Crippen MR) is 108 cm³/mol. The van der Waals surface area contributed by atoms with Crippen LogP contribution in [-0.2, 0) is 4.57 Å². The molecule has 0 aliphatic heterocycles. The van der Waals surface area contributed by atoms with Gasteiger partial charge in [-0.05, 0) is 36.1 Å². The number of hydrogen-bond acceptors (Lipinski definition) is 4. The van der Waals surface area contributed by atoms with Gasteiger partial charge in [0, 0.05) is 13.1 Å². The Morgan fingerprint density at radius 1 is 0.963 bits per heavy atom. The molecule has 2 aromatic carbocycles. The van der Waals surface area contributed by atoms with Crippen molar-refractivity contribution in [3.05, 3.63) is 48.5 Å². The molecule has 2 aromatic rings. The molecule has 0 atom stereocenters. The van der Waals surface area contributed by atoms with Crippen molar-refractivity contribution in [2.24, 2.45) is 0 Å². The second-order valence-electron chi connectivity index (χ2n) is 5.89. The van der Waals surface area contributed by atoms with Gasteiger partial charge in [-0.15, -0.1) is 0 Å². The lowest BCUT2D eigenvalue weighted by molar-refractivity contribution is 0.275. The summed E-state index contributed by atoms with van der Waals surface area (Å²) in [6.45, 7) is 6.43. The lowest BCUT2D eigenvalue weighted by Gasteiger charge is -2.24. The number of phosphoric acid groups is 1. The van der Waals surface area contributed by atoms with Gasteiger partial charge in [0.25, 0.3) is 0 Å². The number of nitrogens with zero attached hydrogens (tertiary/aromatic N) is 1. The van der Waals surface area contributed by atoms with Crippen LogP contribution in [0.5, 0.6) is 5.75 Å². The molecule has 0 radical (unpaired) electrons. The minimum atomic E-state index is -4.64. The van der Waals surface area contributed by atoms with Crippen molar-refractivity contribution < 1.29 is 24.0 Å². The molecule has 27 heavy (non-hydrogen) atoms. The smallest absolute Gasteiger partial charge is 0.466 e. The van der Waals surface area contributed by atoms with Crippen molar-refractivity contribution in [3.63, 3.8) is 0 Å². The summed E-state index contributed by atoms with van der Waals surface area (Å²) in [6, 6.07) is 16.7. The van der Waals surface area contributed by atoms with Crippen molar-refractivity contribution in [3.8, 4) is 16.9 Å². The molecular formula is C19H29N2O5P. The highest BCUT2D eigenvalue weighted by Gasteiger charge is 2.09. The zero-order valence-electron chi connectivity index (χ0n) is 16.0. The normalized spacial score (nSPS) is 10.9. The Balaban J connectivity index is 0.000000646. The third kappa shape index (κ3) is 9.56. The maximum atomic E-state index is 8.88. The van der Waals surface area contributed by atoms with Gasteiger partial charge < -0.3 is 24.8 Å². The van der Waals surface area contributed by atoms with Crippen LogP contribution < -0.4 is 10.2 Å². The second-order valence-corrected chi connectivity index (χ2v) is 6.92. The van der Waals surface area contributed by atoms with E-state index in [4.69, 9.17) is 24.0 Å².